The molecule has 5 heteroatoms. The van der Waals surface area contributed by atoms with Gasteiger partial charge in [-0.15, -0.1) is 0 Å². The van der Waals surface area contributed by atoms with Gasteiger partial charge in [0.2, 0.25) is 0 Å². The van der Waals surface area contributed by atoms with Gasteiger partial charge in [-0.25, -0.2) is 13.2 Å². The van der Waals surface area contributed by atoms with Gasteiger partial charge in [0.05, 0.1) is 5.56 Å². The standard InChI is InChI=1S/C12H7ClF3N/c13-6-1-2-8(11(17)3-6)12-9(15)4-7(14)5-10(12)16/h1-5H,17H2. The molecule has 1 nitrogen and oxygen atoms in total. The summed E-state index contributed by atoms with van der Waals surface area (Å²) < 4.78 is 39.8. The first-order valence-corrected chi connectivity index (χ1v) is 5.07. The number of hydrogen-bond acceptors (Lipinski definition) is 1. The summed E-state index contributed by atoms with van der Waals surface area (Å²) in [5.74, 6) is -2.98. The summed E-state index contributed by atoms with van der Waals surface area (Å²) in [6.07, 6.45) is 0. The van der Waals surface area contributed by atoms with E-state index in [0.29, 0.717) is 17.2 Å². The zero-order chi connectivity index (χ0) is 12.6. The van der Waals surface area contributed by atoms with Crippen molar-refractivity contribution < 1.29 is 13.2 Å². The van der Waals surface area contributed by atoms with E-state index in [2.05, 4.69) is 0 Å². The van der Waals surface area contributed by atoms with E-state index < -0.39 is 17.5 Å². The molecule has 0 heterocycles. The van der Waals surface area contributed by atoms with Crippen molar-refractivity contribution in [1.82, 2.24) is 0 Å². The van der Waals surface area contributed by atoms with Crippen molar-refractivity contribution in [3.8, 4) is 11.1 Å². The smallest absolute Gasteiger partial charge is 0.136 e. The van der Waals surface area contributed by atoms with Crippen LogP contribution < -0.4 is 5.73 Å². The van der Waals surface area contributed by atoms with Gasteiger partial charge in [0.25, 0.3) is 0 Å². The molecule has 0 amide bonds. The number of nitrogens with two attached hydrogens (primary N) is 1. The molecule has 0 spiro atoms. The van der Waals surface area contributed by atoms with Crippen LogP contribution in [0.4, 0.5) is 18.9 Å². The molecule has 17 heavy (non-hydrogen) atoms. The van der Waals surface area contributed by atoms with Gasteiger partial charge in [-0.3, -0.25) is 0 Å². The third-order valence-corrected chi connectivity index (χ3v) is 2.52. The van der Waals surface area contributed by atoms with Gasteiger partial charge < -0.3 is 5.73 Å². The van der Waals surface area contributed by atoms with Gasteiger partial charge in [0, 0.05) is 28.4 Å². The molecule has 0 fully saturated rings. The summed E-state index contributed by atoms with van der Waals surface area (Å²) in [4.78, 5) is 0. The molecule has 0 aromatic heterocycles. The number of anilines is 1. The highest BCUT2D eigenvalue weighted by atomic mass is 35.5. The Kier molecular flexibility index (Phi) is 2.98. The molecule has 0 aliphatic carbocycles. The molecule has 0 unspecified atom stereocenters. The molecular formula is C12H7ClF3N. The molecule has 2 aromatic carbocycles. The molecule has 0 aliphatic heterocycles. The normalized spacial score (nSPS) is 10.6. The molecule has 0 saturated heterocycles. The lowest BCUT2D eigenvalue weighted by atomic mass is 10.0. The third-order valence-electron chi connectivity index (χ3n) is 2.29. The zero-order valence-corrected chi connectivity index (χ0v) is 9.23. The van der Waals surface area contributed by atoms with E-state index in [1.54, 1.807) is 0 Å². The molecule has 0 aliphatic rings. The molecule has 2 aromatic rings. The van der Waals surface area contributed by atoms with Gasteiger partial charge >= 0.3 is 0 Å². The van der Waals surface area contributed by atoms with Crippen LogP contribution in [-0.4, -0.2) is 0 Å². The SMILES string of the molecule is Nc1cc(Cl)ccc1-c1c(F)cc(F)cc1F. The summed E-state index contributed by atoms with van der Waals surface area (Å²) in [7, 11) is 0. The number of halogens is 4. The van der Waals surface area contributed by atoms with Crippen LogP contribution in [0, 0.1) is 17.5 Å². The van der Waals surface area contributed by atoms with Gasteiger partial charge in [0.15, 0.2) is 0 Å². The van der Waals surface area contributed by atoms with Crippen molar-refractivity contribution in [3.63, 3.8) is 0 Å². The fourth-order valence-corrected chi connectivity index (χ4v) is 1.74. The van der Waals surface area contributed by atoms with Crippen molar-refractivity contribution in [2.75, 3.05) is 5.73 Å². The Morgan fingerprint density at radius 3 is 2.06 bits per heavy atom. The van der Waals surface area contributed by atoms with Gasteiger partial charge in [-0.1, -0.05) is 17.7 Å². The lowest BCUT2D eigenvalue weighted by Crippen LogP contribution is -1.96. The average Bonchev–Trinajstić information content (AvgIpc) is 2.19. The minimum absolute atomic E-state index is 0.127. The first kappa shape index (κ1) is 11.8. The Morgan fingerprint density at radius 2 is 1.53 bits per heavy atom. The topological polar surface area (TPSA) is 26.0 Å². The van der Waals surface area contributed by atoms with Crippen LogP contribution in [0.3, 0.4) is 0 Å². The van der Waals surface area contributed by atoms with Crippen LogP contribution in [0.15, 0.2) is 30.3 Å². The Bertz CT molecular complexity index is 561. The largest absolute Gasteiger partial charge is 0.398 e. The molecule has 0 atom stereocenters. The predicted octanol–water partition coefficient (Wildman–Crippen LogP) is 4.01. The van der Waals surface area contributed by atoms with Crippen LogP contribution in [0.5, 0.6) is 0 Å². The highest BCUT2D eigenvalue weighted by Crippen LogP contribution is 2.32. The number of benzene rings is 2. The summed E-state index contributed by atoms with van der Waals surface area (Å²) in [5, 5.41) is 0.356. The summed E-state index contributed by atoms with van der Waals surface area (Å²) in [6, 6.07) is 5.42. The molecule has 0 radical (unpaired) electrons. The van der Waals surface area contributed by atoms with Crippen LogP contribution in [0.1, 0.15) is 0 Å². The minimum atomic E-state index is -1.00. The van der Waals surface area contributed by atoms with Crippen molar-refractivity contribution in [3.05, 3.63) is 52.8 Å². The maximum absolute atomic E-state index is 13.5. The predicted molar refractivity (Wildman–Crippen MR) is 61.2 cm³/mol. The second-order valence-corrected chi connectivity index (χ2v) is 3.91. The summed E-state index contributed by atoms with van der Waals surface area (Å²) in [6.45, 7) is 0. The fourth-order valence-electron chi connectivity index (χ4n) is 1.56. The molecule has 88 valence electrons. The molecule has 2 N–H and O–H groups in total. The highest BCUT2D eigenvalue weighted by molar-refractivity contribution is 6.31. The van der Waals surface area contributed by atoms with E-state index in [1.165, 1.54) is 18.2 Å². The van der Waals surface area contributed by atoms with Crippen molar-refractivity contribution in [2.24, 2.45) is 0 Å². The Morgan fingerprint density at radius 1 is 0.941 bits per heavy atom. The van der Waals surface area contributed by atoms with Crippen molar-refractivity contribution in [2.45, 2.75) is 0 Å². The van der Waals surface area contributed by atoms with Crippen LogP contribution in [-0.2, 0) is 0 Å². The molecule has 2 rings (SSSR count). The monoisotopic (exact) mass is 257 g/mol. The third kappa shape index (κ3) is 2.22. The second kappa shape index (κ2) is 4.30. The zero-order valence-electron chi connectivity index (χ0n) is 8.48. The Labute approximate surface area is 101 Å². The van der Waals surface area contributed by atoms with E-state index in [9.17, 15) is 13.2 Å². The van der Waals surface area contributed by atoms with Crippen molar-refractivity contribution in [1.29, 1.82) is 0 Å². The van der Waals surface area contributed by atoms with Crippen molar-refractivity contribution >= 4 is 17.3 Å². The van der Waals surface area contributed by atoms with Gasteiger partial charge in [-0.05, 0) is 12.1 Å². The van der Waals surface area contributed by atoms with Crippen LogP contribution in [0.25, 0.3) is 11.1 Å². The lowest BCUT2D eigenvalue weighted by molar-refractivity contribution is 0.548. The first-order chi connectivity index (χ1) is 7.99. The Balaban J connectivity index is 2.68. The van der Waals surface area contributed by atoms with Crippen LogP contribution in [0.2, 0.25) is 5.02 Å². The van der Waals surface area contributed by atoms with Gasteiger partial charge in [0.1, 0.15) is 17.5 Å². The summed E-state index contributed by atoms with van der Waals surface area (Å²) in [5.41, 5.74) is 5.53. The minimum Gasteiger partial charge on any atom is -0.398 e. The van der Waals surface area contributed by atoms with E-state index in [-0.39, 0.29) is 16.8 Å². The first-order valence-electron chi connectivity index (χ1n) is 4.69. The number of nitrogen functional groups attached to an aromatic ring is 1. The number of hydrogen-bond donors (Lipinski definition) is 1. The second-order valence-electron chi connectivity index (χ2n) is 3.48. The Hall–Kier alpha value is -1.68. The van der Waals surface area contributed by atoms with E-state index in [1.807, 2.05) is 0 Å². The quantitative estimate of drug-likeness (QED) is 0.768. The summed E-state index contributed by atoms with van der Waals surface area (Å²) >= 11 is 5.68. The fraction of sp³-hybridized carbons (Fsp3) is 0. The number of rotatable bonds is 1. The van der Waals surface area contributed by atoms with E-state index in [0.717, 1.165) is 0 Å². The maximum Gasteiger partial charge on any atom is 0.136 e. The van der Waals surface area contributed by atoms with E-state index >= 15 is 0 Å². The molecule has 0 bridgehead atoms. The molecule has 0 saturated carbocycles. The lowest BCUT2D eigenvalue weighted by Gasteiger charge is -2.08. The maximum atomic E-state index is 13.5. The molecular weight excluding hydrogens is 251 g/mol. The highest BCUT2D eigenvalue weighted by Gasteiger charge is 2.15. The van der Waals surface area contributed by atoms with E-state index in [4.69, 9.17) is 17.3 Å². The average molecular weight is 258 g/mol. The van der Waals surface area contributed by atoms with Gasteiger partial charge in [-0.2, -0.15) is 0 Å². The van der Waals surface area contributed by atoms with Crippen LogP contribution >= 0.6 is 11.6 Å².